The van der Waals surface area contributed by atoms with Crippen LogP contribution in [0.1, 0.15) is 20.8 Å². The Hall–Kier alpha value is -1.78. The minimum Gasteiger partial charge on any atom is -0.399 e. The molecular weight excluding hydrogens is 588 g/mol. The molecule has 1 saturated carbocycles. The number of rotatable bonds is 19. The van der Waals surface area contributed by atoms with Crippen LogP contribution in [0.3, 0.4) is 0 Å². The Labute approximate surface area is 263 Å². The van der Waals surface area contributed by atoms with Gasteiger partial charge in [-0.2, -0.15) is 0 Å². The minimum absolute atomic E-state index is 0.0292. The molecular formula is C32H50O11Si. The van der Waals surface area contributed by atoms with Gasteiger partial charge in [-0.05, 0) is 15.4 Å². The highest BCUT2D eigenvalue weighted by Gasteiger charge is 2.60. The van der Waals surface area contributed by atoms with E-state index in [-0.39, 0.29) is 39.0 Å². The molecule has 12 heteroatoms. The average molecular weight is 639 g/mol. The van der Waals surface area contributed by atoms with E-state index in [0.29, 0.717) is 0 Å². The highest BCUT2D eigenvalue weighted by molar-refractivity contribution is 6.99. The van der Waals surface area contributed by atoms with Crippen molar-refractivity contribution in [2.45, 2.75) is 62.4 Å². The van der Waals surface area contributed by atoms with E-state index < -0.39 is 44.9 Å². The lowest BCUT2D eigenvalue weighted by Gasteiger charge is -2.53. The Morgan fingerprint density at radius 1 is 0.455 bits per heavy atom. The van der Waals surface area contributed by atoms with Gasteiger partial charge in [0.05, 0.1) is 0 Å². The van der Waals surface area contributed by atoms with Gasteiger partial charge >= 0.3 is 0 Å². The van der Waals surface area contributed by atoms with E-state index in [9.17, 15) is 0 Å². The van der Waals surface area contributed by atoms with E-state index in [1.54, 1.807) is 35.5 Å². The third-order valence-electron chi connectivity index (χ3n) is 7.56. The maximum Gasteiger partial charge on any atom is 0.261 e. The molecule has 0 heterocycles. The monoisotopic (exact) mass is 638 g/mol. The maximum absolute atomic E-state index is 7.66. The summed E-state index contributed by atoms with van der Waals surface area (Å²) in [7, 11) is 4.63. The van der Waals surface area contributed by atoms with Gasteiger partial charge < -0.3 is 51.8 Å². The van der Waals surface area contributed by atoms with Crippen molar-refractivity contribution in [3.63, 3.8) is 0 Å². The van der Waals surface area contributed by atoms with Crippen molar-refractivity contribution in [3.8, 4) is 0 Å². The van der Waals surface area contributed by atoms with E-state index in [4.69, 9.17) is 51.8 Å². The molecule has 1 aliphatic carbocycles. The molecule has 0 aliphatic heterocycles. The lowest BCUT2D eigenvalue weighted by Crippen LogP contribution is -2.74. The van der Waals surface area contributed by atoms with Gasteiger partial charge in [-0.25, -0.2) is 0 Å². The lowest BCUT2D eigenvalue weighted by molar-refractivity contribution is -0.310. The number of hydrogen-bond acceptors (Lipinski definition) is 11. The summed E-state index contributed by atoms with van der Waals surface area (Å²) in [6.45, 7) is 6.47. The van der Waals surface area contributed by atoms with Crippen molar-refractivity contribution in [3.05, 3.63) is 60.7 Å². The number of methoxy groups -OCH3 is 5. The van der Waals surface area contributed by atoms with Crippen LogP contribution in [-0.2, 0) is 51.8 Å². The van der Waals surface area contributed by atoms with Crippen molar-refractivity contribution in [2.24, 2.45) is 0 Å². The third-order valence-corrected chi connectivity index (χ3v) is 12.6. The SMILES string of the molecule is COCOC1[C@@H](OCOC)[C@@H](OCOC)C(O[Si](c2ccccc2)(c2ccccc2)C(C)(C)C)[C@H](OCOC)[C@H]1OCOC. The second kappa shape index (κ2) is 18.4. The largest absolute Gasteiger partial charge is 0.399 e. The Bertz CT molecular complexity index is 972. The summed E-state index contributed by atoms with van der Waals surface area (Å²) in [5.74, 6) is 0. The van der Waals surface area contributed by atoms with Gasteiger partial charge in [0, 0.05) is 35.5 Å². The second-order valence-electron chi connectivity index (χ2n) is 11.4. The van der Waals surface area contributed by atoms with Crippen LogP contribution in [0.4, 0.5) is 0 Å². The molecule has 0 bridgehead atoms. The lowest BCUT2D eigenvalue weighted by atomic mass is 9.84. The molecule has 2 aromatic rings. The van der Waals surface area contributed by atoms with E-state index in [1.807, 2.05) is 36.4 Å². The molecule has 6 atom stereocenters. The van der Waals surface area contributed by atoms with Crippen LogP contribution in [0.2, 0.25) is 5.04 Å². The summed E-state index contributed by atoms with van der Waals surface area (Å²) in [4.78, 5) is 0. The van der Waals surface area contributed by atoms with Crippen LogP contribution < -0.4 is 10.4 Å². The first-order valence-electron chi connectivity index (χ1n) is 14.6. The van der Waals surface area contributed by atoms with E-state index >= 15 is 0 Å². The van der Waals surface area contributed by atoms with Crippen LogP contribution in [0.15, 0.2) is 60.7 Å². The first kappa shape index (κ1) is 36.7. The molecule has 2 unspecified atom stereocenters. The fourth-order valence-electron chi connectivity index (χ4n) is 5.83. The predicted octanol–water partition coefficient (Wildman–Crippen LogP) is 2.89. The first-order valence-corrected chi connectivity index (χ1v) is 16.5. The highest BCUT2D eigenvalue weighted by Crippen LogP contribution is 2.42. The van der Waals surface area contributed by atoms with Crippen molar-refractivity contribution in [1.29, 1.82) is 0 Å². The van der Waals surface area contributed by atoms with Crippen LogP contribution >= 0.6 is 0 Å². The molecule has 0 N–H and O–H groups in total. The van der Waals surface area contributed by atoms with Crippen molar-refractivity contribution in [1.82, 2.24) is 0 Å². The highest BCUT2D eigenvalue weighted by atomic mass is 28.4. The molecule has 3 rings (SSSR count). The summed E-state index contributed by atoms with van der Waals surface area (Å²) in [5, 5.41) is 1.84. The predicted molar refractivity (Wildman–Crippen MR) is 166 cm³/mol. The van der Waals surface area contributed by atoms with Crippen LogP contribution in [0.25, 0.3) is 0 Å². The summed E-state index contributed by atoms with van der Waals surface area (Å²) >= 11 is 0. The second-order valence-corrected chi connectivity index (χ2v) is 15.7. The topological polar surface area (TPSA) is 102 Å². The van der Waals surface area contributed by atoms with E-state index in [1.165, 1.54) is 0 Å². The zero-order valence-electron chi connectivity index (χ0n) is 27.3. The zero-order valence-corrected chi connectivity index (χ0v) is 28.3. The van der Waals surface area contributed by atoms with Gasteiger partial charge in [0.1, 0.15) is 70.6 Å². The molecule has 0 saturated heterocycles. The molecule has 248 valence electrons. The molecule has 0 aromatic heterocycles. The summed E-state index contributed by atoms with van der Waals surface area (Å²) in [6.07, 6.45) is -4.48. The number of hydrogen-bond donors (Lipinski definition) is 0. The number of ether oxygens (including phenoxy) is 10. The van der Waals surface area contributed by atoms with Gasteiger partial charge in [-0.1, -0.05) is 81.4 Å². The van der Waals surface area contributed by atoms with Gasteiger partial charge in [-0.3, -0.25) is 0 Å². The van der Waals surface area contributed by atoms with E-state index in [0.717, 1.165) is 10.4 Å². The van der Waals surface area contributed by atoms with Crippen molar-refractivity contribution in [2.75, 3.05) is 69.5 Å². The standard InChI is InChI=1S/C32H50O11Si/c1-32(2,3)44(24-15-11-9-12-16-24,25-17-13-10-14-18-25)43-31-29(41-22-36-7)27(39-20-34-5)26(38-19-33-4)28(40-21-35-6)30(31)42-23-37-8/h9-18,26-31H,19-23H2,1-8H3/t26?,27-,28+,29-,30-,31?/m1/s1. The Kier molecular flexibility index (Phi) is 15.3. The molecule has 1 fully saturated rings. The fraction of sp³-hybridized carbons (Fsp3) is 0.625. The summed E-state index contributed by atoms with van der Waals surface area (Å²) < 4.78 is 66.1. The van der Waals surface area contributed by atoms with Crippen molar-refractivity contribution >= 4 is 18.7 Å². The Morgan fingerprint density at radius 3 is 0.977 bits per heavy atom. The van der Waals surface area contributed by atoms with E-state index in [2.05, 4.69) is 45.0 Å². The van der Waals surface area contributed by atoms with Crippen molar-refractivity contribution < 1.29 is 51.8 Å². The molecule has 0 radical (unpaired) electrons. The van der Waals surface area contributed by atoms with Crippen LogP contribution in [0.5, 0.6) is 0 Å². The fourth-order valence-corrected chi connectivity index (χ4v) is 10.5. The number of benzene rings is 2. The molecule has 2 aromatic carbocycles. The summed E-state index contributed by atoms with van der Waals surface area (Å²) in [6, 6.07) is 20.7. The van der Waals surface area contributed by atoms with Gasteiger partial charge in [0.2, 0.25) is 0 Å². The average Bonchev–Trinajstić information content (AvgIpc) is 3.03. The molecule has 1 aliphatic rings. The molecule has 0 spiro atoms. The molecule has 11 nitrogen and oxygen atoms in total. The van der Waals surface area contributed by atoms with Crippen LogP contribution in [0, 0.1) is 0 Å². The normalized spacial score (nSPS) is 24.5. The smallest absolute Gasteiger partial charge is 0.261 e. The van der Waals surface area contributed by atoms with Gasteiger partial charge in [0.25, 0.3) is 8.32 Å². The Balaban J connectivity index is 2.31. The summed E-state index contributed by atoms with van der Waals surface area (Å²) in [5.41, 5.74) is 0. The maximum atomic E-state index is 7.66. The first-order chi connectivity index (χ1) is 21.3. The molecule has 0 amide bonds. The van der Waals surface area contributed by atoms with Gasteiger partial charge in [-0.15, -0.1) is 0 Å². The van der Waals surface area contributed by atoms with Crippen LogP contribution in [-0.4, -0.2) is 114 Å². The minimum atomic E-state index is -3.15. The third kappa shape index (κ3) is 8.72. The Morgan fingerprint density at radius 2 is 0.727 bits per heavy atom. The quantitative estimate of drug-likeness (QED) is 0.168. The van der Waals surface area contributed by atoms with Gasteiger partial charge in [0.15, 0.2) is 0 Å². The zero-order chi connectivity index (χ0) is 32.0. The molecule has 44 heavy (non-hydrogen) atoms.